The lowest BCUT2D eigenvalue weighted by Crippen LogP contribution is -2.45. The summed E-state index contributed by atoms with van der Waals surface area (Å²) < 4.78 is 0. The Bertz CT molecular complexity index is 556. The van der Waals surface area contributed by atoms with Gasteiger partial charge in [0, 0.05) is 30.9 Å². The van der Waals surface area contributed by atoms with Crippen LogP contribution in [-0.4, -0.2) is 46.6 Å². The van der Waals surface area contributed by atoms with E-state index in [-0.39, 0.29) is 11.9 Å². The van der Waals surface area contributed by atoms with Gasteiger partial charge >= 0.3 is 12.0 Å². The third-order valence-electron chi connectivity index (χ3n) is 4.64. The number of piperidine rings is 1. The highest BCUT2D eigenvalue weighted by Crippen LogP contribution is 2.26. The number of fused-ring (bicyclic) bond motifs is 1. The van der Waals surface area contributed by atoms with Gasteiger partial charge in [0.15, 0.2) is 0 Å². The number of urea groups is 1. The van der Waals surface area contributed by atoms with Crippen molar-refractivity contribution in [3.63, 3.8) is 0 Å². The molecule has 23 heavy (non-hydrogen) atoms. The van der Waals surface area contributed by atoms with Crippen molar-refractivity contribution in [3.05, 3.63) is 15.6 Å². The molecule has 1 aliphatic heterocycles. The van der Waals surface area contributed by atoms with Crippen LogP contribution in [-0.2, 0) is 24.1 Å². The number of carboxylic acids is 1. The molecule has 2 amide bonds. The quantitative estimate of drug-likeness (QED) is 0.881. The van der Waals surface area contributed by atoms with E-state index in [4.69, 9.17) is 5.11 Å². The number of aromatic nitrogens is 1. The number of hydrogen-bond donors (Lipinski definition) is 2. The fourth-order valence-electron chi connectivity index (χ4n) is 3.23. The van der Waals surface area contributed by atoms with Crippen LogP contribution in [0.15, 0.2) is 0 Å². The number of aliphatic carboxylic acids is 1. The van der Waals surface area contributed by atoms with Crippen LogP contribution >= 0.6 is 11.3 Å². The first kappa shape index (κ1) is 16.2. The Labute approximate surface area is 139 Å². The molecule has 6 nitrogen and oxygen atoms in total. The zero-order valence-electron chi connectivity index (χ0n) is 13.2. The first-order valence-corrected chi connectivity index (χ1v) is 9.18. The van der Waals surface area contributed by atoms with E-state index in [9.17, 15) is 9.59 Å². The van der Waals surface area contributed by atoms with E-state index in [2.05, 4.69) is 10.3 Å². The number of carbonyl (C=O) groups is 2. The first-order chi connectivity index (χ1) is 11.1. The molecule has 1 aromatic rings. The number of nitrogens with one attached hydrogen (secondary N) is 1. The summed E-state index contributed by atoms with van der Waals surface area (Å²) in [4.78, 5) is 30.8. The van der Waals surface area contributed by atoms with Crippen LogP contribution in [0.1, 0.15) is 41.3 Å². The highest BCUT2D eigenvalue weighted by molar-refractivity contribution is 7.11. The molecule has 1 aromatic heterocycles. The van der Waals surface area contributed by atoms with Crippen molar-refractivity contribution in [2.24, 2.45) is 5.92 Å². The van der Waals surface area contributed by atoms with Crippen LogP contribution in [0.2, 0.25) is 0 Å². The fraction of sp³-hybridized carbons (Fsp3) is 0.688. The van der Waals surface area contributed by atoms with Crippen LogP contribution in [0.4, 0.5) is 4.79 Å². The average molecular weight is 337 g/mol. The molecule has 2 N–H and O–H groups in total. The smallest absolute Gasteiger partial charge is 0.317 e. The van der Waals surface area contributed by atoms with Gasteiger partial charge in [-0.3, -0.25) is 4.79 Å². The largest absolute Gasteiger partial charge is 0.481 e. The molecule has 0 atom stereocenters. The summed E-state index contributed by atoms with van der Waals surface area (Å²) in [6, 6.07) is -0.0878. The second-order valence-corrected chi connectivity index (χ2v) is 7.43. The molecule has 2 heterocycles. The Balaban J connectivity index is 1.41. The minimum absolute atomic E-state index is 0.0878. The van der Waals surface area contributed by atoms with Gasteiger partial charge < -0.3 is 15.3 Å². The van der Waals surface area contributed by atoms with Gasteiger partial charge in [0.2, 0.25) is 0 Å². The van der Waals surface area contributed by atoms with Crippen molar-refractivity contribution < 1.29 is 14.7 Å². The monoisotopic (exact) mass is 337 g/mol. The summed E-state index contributed by atoms with van der Waals surface area (Å²) >= 11 is 1.78. The van der Waals surface area contributed by atoms with Crippen molar-refractivity contribution in [2.75, 3.05) is 19.6 Å². The Morgan fingerprint density at radius 1 is 1.26 bits per heavy atom. The summed E-state index contributed by atoms with van der Waals surface area (Å²) in [6.45, 7) is 1.63. The molecular formula is C16H23N3O3S. The standard InChI is InChI=1S/C16H23N3O3S/c20-15(21)11-6-9-19(10-7-11)16(22)17-8-5-14-18-12-3-1-2-4-13(12)23-14/h11H,1-10H2,(H,17,22)(H,20,21). The molecular weight excluding hydrogens is 314 g/mol. The molecule has 2 aliphatic rings. The van der Waals surface area contributed by atoms with E-state index in [1.54, 1.807) is 16.2 Å². The Hall–Kier alpha value is -1.63. The lowest BCUT2D eigenvalue weighted by atomic mass is 9.97. The topological polar surface area (TPSA) is 82.5 Å². The van der Waals surface area contributed by atoms with E-state index in [0.29, 0.717) is 32.5 Å². The third kappa shape index (κ3) is 4.02. The van der Waals surface area contributed by atoms with Gasteiger partial charge in [0.1, 0.15) is 0 Å². The van der Waals surface area contributed by atoms with E-state index in [1.165, 1.54) is 23.4 Å². The first-order valence-electron chi connectivity index (χ1n) is 8.36. The number of amides is 2. The number of hydrogen-bond acceptors (Lipinski definition) is 4. The van der Waals surface area contributed by atoms with Crippen LogP contribution in [0, 0.1) is 5.92 Å². The molecule has 3 rings (SSSR count). The number of likely N-dealkylation sites (tertiary alicyclic amines) is 1. The number of carboxylic acid groups (broad SMARTS) is 1. The normalized spacial score (nSPS) is 18.5. The number of nitrogens with zero attached hydrogens (tertiary/aromatic N) is 2. The lowest BCUT2D eigenvalue weighted by molar-refractivity contribution is -0.143. The molecule has 1 aliphatic carbocycles. The summed E-state index contributed by atoms with van der Waals surface area (Å²) in [7, 11) is 0. The van der Waals surface area contributed by atoms with Gasteiger partial charge in [-0.25, -0.2) is 9.78 Å². The lowest BCUT2D eigenvalue weighted by Gasteiger charge is -2.30. The number of rotatable bonds is 4. The van der Waals surface area contributed by atoms with Crippen molar-refractivity contribution in [3.8, 4) is 0 Å². The molecule has 0 radical (unpaired) electrons. The van der Waals surface area contributed by atoms with Gasteiger partial charge in [-0.2, -0.15) is 0 Å². The van der Waals surface area contributed by atoms with Crippen LogP contribution in [0.3, 0.4) is 0 Å². The van der Waals surface area contributed by atoms with Crippen molar-refractivity contribution in [1.29, 1.82) is 0 Å². The molecule has 0 saturated carbocycles. The highest BCUT2D eigenvalue weighted by atomic mass is 32.1. The number of thiazole rings is 1. The second-order valence-electron chi connectivity index (χ2n) is 6.27. The summed E-state index contributed by atoms with van der Waals surface area (Å²) in [5, 5.41) is 13.0. The van der Waals surface area contributed by atoms with E-state index >= 15 is 0 Å². The van der Waals surface area contributed by atoms with Crippen molar-refractivity contribution in [2.45, 2.75) is 44.9 Å². The molecule has 126 valence electrons. The maximum absolute atomic E-state index is 12.1. The predicted octanol–water partition coefficient (Wildman–Crippen LogP) is 2.07. The molecule has 7 heteroatoms. The molecule has 0 unspecified atom stereocenters. The van der Waals surface area contributed by atoms with Gasteiger partial charge in [-0.15, -0.1) is 11.3 Å². The number of aryl methyl sites for hydroxylation is 2. The molecule has 0 aromatic carbocycles. The zero-order valence-corrected chi connectivity index (χ0v) is 14.0. The van der Waals surface area contributed by atoms with Crippen molar-refractivity contribution >= 4 is 23.3 Å². The molecule has 1 fully saturated rings. The highest BCUT2D eigenvalue weighted by Gasteiger charge is 2.26. The summed E-state index contributed by atoms with van der Waals surface area (Å²) in [5.41, 5.74) is 1.26. The zero-order chi connectivity index (χ0) is 16.2. The van der Waals surface area contributed by atoms with Crippen LogP contribution in [0.5, 0.6) is 0 Å². The maximum Gasteiger partial charge on any atom is 0.317 e. The van der Waals surface area contributed by atoms with Crippen LogP contribution in [0.25, 0.3) is 0 Å². The van der Waals surface area contributed by atoms with Crippen LogP contribution < -0.4 is 5.32 Å². The summed E-state index contributed by atoms with van der Waals surface area (Å²) in [6.07, 6.45) is 6.60. The van der Waals surface area contributed by atoms with Crippen molar-refractivity contribution in [1.82, 2.24) is 15.2 Å². The van der Waals surface area contributed by atoms with Gasteiger partial charge in [-0.1, -0.05) is 0 Å². The fourth-order valence-corrected chi connectivity index (χ4v) is 4.39. The maximum atomic E-state index is 12.1. The Morgan fingerprint density at radius 3 is 2.70 bits per heavy atom. The molecule has 0 bridgehead atoms. The minimum Gasteiger partial charge on any atom is -0.481 e. The number of carbonyl (C=O) groups excluding carboxylic acids is 1. The van der Waals surface area contributed by atoms with E-state index in [1.807, 2.05) is 0 Å². The molecule has 1 saturated heterocycles. The minimum atomic E-state index is -0.752. The van der Waals surface area contributed by atoms with Gasteiger partial charge in [-0.05, 0) is 38.5 Å². The SMILES string of the molecule is O=C(O)C1CCN(C(=O)NCCc2nc3c(s2)CCCC3)CC1. The molecule has 0 spiro atoms. The average Bonchev–Trinajstić information content (AvgIpc) is 2.97. The predicted molar refractivity (Wildman–Crippen MR) is 87.8 cm³/mol. The Kier molecular flexibility index (Phi) is 5.15. The van der Waals surface area contributed by atoms with E-state index in [0.717, 1.165) is 24.3 Å². The van der Waals surface area contributed by atoms with Gasteiger partial charge in [0.05, 0.1) is 16.6 Å². The van der Waals surface area contributed by atoms with E-state index < -0.39 is 5.97 Å². The summed E-state index contributed by atoms with van der Waals surface area (Å²) in [5.74, 6) is -1.06. The van der Waals surface area contributed by atoms with Gasteiger partial charge in [0.25, 0.3) is 0 Å². The Morgan fingerprint density at radius 2 is 2.00 bits per heavy atom. The third-order valence-corrected chi connectivity index (χ3v) is 5.85. The second kappa shape index (κ2) is 7.29.